The zero-order valence-corrected chi connectivity index (χ0v) is 9.69. The van der Waals surface area contributed by atoms with Crippen LogP contribution in [-0.4, -0.2) is 39.7 Å². The normalized spacial score (nSPS) is 11.5. The first-order chi connectivity index (χ1) is 6.81. The molecule has 1 N–H and O–H groups in total. The topological polar surface area (TPSA) is 45.5 Å². The van der Waals surface area contributed by atoms with E-state index in [1.165, 1.54) is 4.90 Å². The zero-order chi connectivity index (χ0) is 11.6. The molecule has 0 saturated carbocycles. The minimum atomic E-state index is -0.866. The van der Waals surface area contributed by atoms with E-state index in [1.54, 1.807) is 31.5 Å². The van der Waals surface area contributed by atoms with Crippen LogP contribution in [0.3, 0.4) is 0 Å². The van der Waals surface area contributed by atoms with Crippen molar-refractivity contribution in [1.29, 1.82) is 0 Å². The number of rotatable bonds is 3. The van der Waals surface area contributed by atoms with Gasteiger partial charge in [-0.2, -0.15) is 0 Å². The lowest BCUT2D eigenvalue weighted by atomic mass is 10.1. The molecule has 0 spiro atoms. The lowest BCUT2D eigenvalue weighted by Gasteiger charge is -2.25. The summed E-state index contributed by atoms with van der Waals surface area (Å²) in [5.74, 6) is -0.0791. The smallest absolute Gasteiger partial charge is 0.270 e. The Labute approximate surface area is 90.1 Å². The Hall–Kier alpha value is -1.29. The van der Waals surface area contributed by atoms with Crippen LogP contribution in [-0.2, 0) is 7.05 Å². The molecule has 4 heteroatoms. The van der Waals surface area contributed by atoms with Gasteiger partial charge in [-0.3, -0.25) is 4.79 Å². The third-order valence-electron chi connectivity index (χ3n) is 2.13. The van der Waals surface area contributed by atoms with Gasteiger partial charge in [0.05, 0.1) is 5.60 Å². The van der Waals surface area contributed by atoms with Crippen molar-refractivity contribution in [3.63, 3.8) is 0 Å². The number of likely N-dealkylation sites (N-methyl/N-ethyl adjacent to an activating group) is 1. The summed E-state index contributed by atoms with van der Waals surface area (Å²) in [6.45, 7) is 3.68. The van der Waals surface area contributed by atoms with E-state index in [-0.39, 0.29) is 5.91 Å². The highest BCUT2D eigenvalue weighted by Gasteiger charge is 2.21. The van der Waals surface area contributed by atoms with Crippen LogP contribution in [0.15, 0.2) is 18.3 Å². The summed E-state index contributed by atoms with van der Waals surface area (Å²) in [5.41, 5.74) is -0.239. The maximum absolute atomic E-state index is 11.9. The second-order valence-electron chi connectivity index (χ2n) is 4.48. The van der Waals surface area contributed by atoms with Crippen molar-refractivity contribution in [2.45, 2.75) is 19.4 Å². The number of amides is 1. The summed E-state index contributed by atoms with van der Waals surface area (Å²) < 4.78 is 1.77. The lowest BCUT2D eigenvalue weighted by Crippen LogP contribution is -2.40. The van der Waals surface area contributed by atoms with Crippen LogP contribution in [0.1, 0.15) is 24.3 Å². The molecule has 15 heavy (non-hydrogen) atoms. The SMILES string of the molecule is CN(CC(C)(C)O)C(=O)c1cccn1C. The van der Waals surface area contributed by atoms with Crippen molar-refractivity contribution in [2.24, 2.45) is 7.05 Å². The van der Waals surface area contributed by atoms with Gasteiger partial charge < -0.3 is 14.6 Å². The summed E-state index contributed by atoms with van der Waals surface area (Å²) >= 11 is 0. The molecular weight excluding hydrogens is 192 g/mol. The van der Waals surface area contributed by atoms with Crippen LogP contribution in [0.4, 0.5) is 0 Å². The number of carbonyl (C=O) groups is 1. The molecule has 0 radical (unpaired) electrons. The van der Waals surface area contributed by atoms with Crippen molar-refractivity contribution < 1.29 is 9.90 Å². The molecule has 0 aromatic carbocycles. The maximum atomic E-state index is 11.9. The first-order valence-electron chi connectivity index (χ1n) is 4.90. The molecule has 0 unspecified atom stereocenters. The fourth-order valence-corrected chi connectivity index (χ4v) is 1.53. The highest BCUT2D eigenvalue weighted by Crippen LogP contribution is 2.08. The number of hydrogen-bond donors (Lipinski definition) is 1. The van der Waals surface area contributed by atoms with Crippen molar-refractivity contribution in [2.75, 3.05) is 13.6 Å². The molecule has 0 aliphatic carbocycles. The van der Waals surface area contributed by atoms with E-state index in [1.807, 2.05) is 19.3 Å². The Balaban J connectivity index is 2.74. The first kappa shape index (κ1) is 11.8. The largest absolute Gasteiger partial charge is 0.389 e. The predicted octanol–water partition coefficient (Wildman–Crippen LogP) is 0.868. The van der Waals surface area contributed by atoms with Gasteiger partial charge >= 0.3 is 0 Å². The second-order valence-corrected chi connectivity index (χ2v) is 4.48. The third kappa shape index (κ3) is 3.09. The molecule has 0 saturated heterocycles. The van der Waals surface area contributed by atoms with Crippen LogP contribution < -0.4 is 0 Å². The molecule has 0 bridgehead atoms. The standard InChI is InChI=1S/C11H18N2O2/c1-11(2,15)8-13(4)10(14)9-6-5-7-12(9)3/h5-7,15H,8H2,1-4H3. The number of nitrogens with zero attached hydrogens (tertiary/aromatic N) is 2. The van der Waals surface area contributed by atoms with Gasteiger partial charge in [-0.1, -0.05) is 0 Å². The molecule has 1 amide bonds. The minimum absolute atomic E-state index is 0.0791. The average Bonchev–Trinajstić information content (AvgIpc) is 2.47. The summed E-state index contributed by atoms with van der Waals surface area (Å²) in [7, 11) is 3.51. The molecule has 84 valence electrons. The highest BCUT2D eigenvalue weighted by molar-refractivity contribution is 5.92. The number of carbonyl (C=O) groups excluding carboxylic acids is 1. The van der Waals surface area contributed by atoms with Crippen LogP contribution in [0.5, 0.6) is 0 Å². The van der Waals surface area contributed by atoms with E-state index in [4.69, 9.17) is 0 Å². The fraction of sp³-hybridized carbons (Fsp3) is 0.545. The van der Waals surface area contributed by atoms with E-state index >= 15 is 0 Å². The number of aliphatic hydroxyl groups is 1. The second kappa shape index (κ2) is 4.06. The molecule has 0 aliphatic rings. The molecule has 0 aliphatic heterocycles. The van der Waals surface area contributed by atoms with Gasteiger partial charge in [-0.05, 0) is 26.0 Å². The van der Waals surface area contributed by atoms with E-state index < -0.39 is 5.60 Å². The fourth-order valence-electron chi connectivity index (χ4n) is 1.53. The zero-order valence-electron chi connectivity index (χ0n) is 9.69. The van der Waals surface area contributed by atoms with E-state index in [9.17, 15) is 9.90 Å². The maximum Gasteiger partial charge on any atom is 0.270 e. The van der Waals surface area contributed by atoms with E-state index in [0.29, 0.717) is 12.2 Å². The van der Waals surface area contributed by atoms with Gasteiger partial charge in [0.15, 0.2) is 0 Å². The van der Waals surface area contributed by atoms with Crippen molar-refractivity contribution >= 4 is 5.91 Å². The third-order valence-corrected chi connectivity index (χ3v) is 2.13. The van der Waals surface area contributed by atoms with E-state index in [2.05, 4.69) is 0 Å². The highest BCUT2D eigenvalue weighted by atomic mass is 16.3. The van der Waals surface area contributed by atoms with Gasteiger partial charge in [-0.25, -0.2) is 0 Å². The number of aromatic nitrogens is 1. The molecule has 1 aromatic heterocycles. The Morgan fingerprint density at radius 2 is 2.20 bits per heavy atom. The van der Waals surface area contributed by atoms with Gasteiger partial charge in [-0.15, -0.1) is 0 Å². The number of aryl methyl sites for hydroxylation is 1. The quantitative estimate of drug-likeness (QED) is 0.804. The Bertz CT molecular complexity index is 350. The van der Waals surface area contributed by atoms with Gasteiger partial charge in [0.1, 0.15) is 5.69 Å². The Morgan fingerprint density at radius 1 is 1.60 bits per heavy atom. The van der Waals surface area contributed by atoms with Gasteiger partial charge in [0.25, 0.3) is 5.91 Å². The van der Waals surface area contributed by atoms with Crippen LogP contribution in [0, 0.1) is 0 Å². The Morgan fingerprint density at radius 3 is 2.60 bits per heavy atom. The van der Waals surface area contributed by atoms with Crippen LogP contribution >= 0.6 is 0 Å². The lowest BCUT2D eigenvalue weighted by molar-refractivity contribution is 0.0363. The first-order valence-corrected chi connectivity index (χ1v) is 4.90. The molecule has 1 heterocycles. The van der Waals surface area contributed by atoms with Crippen LogP contribution in [0.25, 0.3) is 0 Å². The Kier molecular flexibility index (Phi) is 3.19. The monoisotopic (exact) mass is 210 g/mol. The molecule has 0 atom stereocenters. The van der Waals surface area contributed by atoms with Crippen molar-refractivity contribution in [3.8, 4) is 0 Å². The average molecular weight is 210 g/mol. The molecule has 0 fully saturated rings. The molecule has 1 aromatic rings. The summed E-state index contributed by atoms with van der Waals surface area (Å²) in [6, 6.07) is 3.59. The molecule has 4 nitrogen and oxygen atoms in total. The summed E-state index contributed by atoms with van der Waals surface area (Å²) in [4.78, 5) is 13.4. The van der Waals surface area contributed by atoms with Crippen LogP contribution in [0.2, 0.25) is 0 Å². The van der Waals surface area contributed by atoms with Crippen molar-refractivity contribution in [1.82, 2.24) is 9.47 Å². The molecular formula is C11H18N2O2. The minimum Gasteiger partial charge on any atom is -0.389 e. The van der Waals surface area contributed by atoms with E-state index in [0.717, 1.165) is 0 Å². The van der Waals surface area contributed by atoms with Gasteiger partial charge in [0.2, 0.25) is 0 Å². The van der Waals surface area contributed by atoms with Crippen molar-refractivity contribution in [3.05, 3.63) is 24.0 Å². The summed E-state index contributed by atoms with van der Waals surface area (Å²) in [5, 5.41) is 9.60. The summed E-state index contributed by atoms with van der Waals surface area (Å²) in [6.07, 6.45) is 1.82. The van der Waals surface area contributed by atoms with Gasteiger partial charge in [0, 0.05) is 26.8 Å². The molecule has 1 rings (SSSR count). The number of hydrogen-bond acceptors (Lipinski definition) is 2. The predicted molar refractivity (Wildman–Crippen MR) is 58.7 cm³/mol.